The number of hydrogen-bond donors (Lipinski definition) is 1. The lowest BCUT2D eigenvalue weighted by Crippen LogP contribution is -2.40. The van der Waals surface area contributed by atoms with Gasteiger partial charge in [0.25, 0.3) is 5.91 Å². The van der Waals surface area contributed by atoms with Crippen molar-refractivity contribution in [2.24, 2.45) is 0 Å². The summed E-state index contributed by atoms with van der Waals surface area (Å²) in [6, 6.07) is 6.22. The second kappa shape index (κ2) is 5.73. The first-order chi connectivity index (χ1) is 9.15. The van der Waals surface area contributed by atoms with Crippen LogP contribution < -0.4 is 4.74 Å². The van der Waals surface area contributed by atoms with Gasteiger partial charge in [0.1, 0.15) is 11.8 Å². The van der Waals surface area contributed by atoms with Crippen LogP contribution in [0.2, 0.25) is 0 Å². The fraction of sp³-hybridized carbons (Fsp3) is 0.429. The van der Waals surface area contributed by atoms with Crippen LogP contribution in [0.15, 0.2) is 24.3 Å². The van der Waals surface area contributed by atoms with E-state index in [4.69, 9.17) is 9.84 Å². The van der Waals surface area contributed by atoms with Crippen LogP contribution in [0, 0.1) is 0 Å². The number of carboxylic acids is 1. The van der Waals surface area contributed by atoms with Gasteiger partial charge in [0.05, 0.1) is 12.2 Å². The third-order valence-electron chi connectivity index (χ3n) is 3.22. The van der Waals surface area contributed by atoms with E-state index in [0.717, 1.165) is 6.42 Å². The van der Waals surface area contributed by atoms with Crippen LogP contribution in [-0.4, -0.2) is 41.1 Å². The van der Waals surface area contributed by atoms with Crippen LogP contribution in [-0.2, 0) is 4.79 Å². The molecule has 1 aliphatic rings. The summed E-state index contributed by atoms with van der Waals surface area (Å²) < 4.78 is 5.42. The summed E-state index contributed by atoms with van der Waals surface area (Å²) >= 11 is 0. The third-order valence-corrected chi connectivity index (χ3v) is 3.22. The molecule has 0 aliphatic carbocycles. The molecule has 0 saturated carbocycles. The summed E-state index contributed by atoms with van der Waals surface area (Å²) in [5.41, 5.74) is 0.428. The molecule has 1 N–H and O–H groups in total. The zero-order valence-corrected chi connectivity index (χ0v) is 10.8. The lowest BCUT2D eigenvalue weighted by molar-refractivity contribution is -0.141. The van der Waals surface area contributed by atoms with Crippen LogP contribution in [0.3, 0.4) is 0 Å². The van der Waals surface area contributed by atoms with Crippen LogP contribution >= 0.6 is 0 Å². The normalized spacial score (nSPS) is 18.4. The quantitative estimate of drug-likeness (QED) is 0.899. The van der Waals surface area contributed by atoms with Crippen molar-refractivity contribution < 1.29 is 19.4 Å². The summed E-state index contributed by atoms with van der Waals surface area (Å²) in [5, 5.41) is 9.13. The molecule has 1 aromatic carbocycles. The van der Waals surface area contributed by atoms with Crippen molar-refractivity contribution in [2.45, 2.75) is 25.8 Å². The van der Waals surface area contributed by atoms with Crippen molar-refractivity contribution in [3.05, 3.63) is 29.8 Å². The fourth-order valence-electron chi connectivity index (χ4n) is 2.35. The molecule has 2 rings (SSSR count). The first-order valence-electron chi connectivity index (χ1n) is 6.40. The molecular weight excluding hydrogens is 246 g/mol. The lowest BCUT2D eigenvalue weighted by Gasteiger charge is -2.22. The molecule has 1 heterocycles. The van der Waals surface area contributed by atoms with Gasteiger partial charge < -0.3 is 14.7 Å². The van der Waals surface area contributed by atoms with Crippen LogP contribution in [0.5, 0.6) is 5.75 Å². The topological polar surface area (TPSA) is 66.8 Å². The number of amides is 1. The van der Waals surface area contributed by atoms with Gasteiger partial charge in [-0.05, 0) is 31.9 Å². The zero-order chi connectivity index (χ0) is 13.8. The first kappa shape index (κ1) is 13.4. The summed E-state index contributed by atoms with van der Waals surface area (Å²) in [4.78, 5) is 25.0. The zero-order valence-electron chi connectivity index (χ0n) is 10.8. The minimum Gasteiger partial charge on any atom is -0.493 e. The van der Waals surface area contributed by atoms with Gasteiger partial charge in [-0.25, -0.2) is 4.79 Å². The highest BCUT2D eigenvalue weighted by molar-refractivity contribution is 5.99. The van der Waals surface area contributed by atoms with Gasteiger partial charge in [-0.1, -0.05) is 12.1 Å². The predicted octanol–water partition coefficient (Wildman–Crippen LogP) is 1.77. The Morgan fingerprint density at radius 1 is 1.42 bits per heavy atom. The maximum Gasteiger partial charge on any atom is 0.326 e. The van der Waals surface area contributed by atoms with Crippen LogP contribution in [0.25, 0.3) is 0 Å². The predicted molar refractivity (Wildman–Crippen MR) is 69.3 cm³/mol. The first-order valence-corrected chi connectivity index (χ1v) is 6.40. The highest BCUT2D eigenvalue weighted by Gasteiger charge is 2.35. The van der Waals surface area contributed by atoms with Gasteiger partial charge in [-0.2, -0.15) is 0 Å². The minimum absolute atomic E-state index is 0.269. The highest BCUT2D eigenvalue weighted by Crippen LogP contribution is 2.25. The summed E-state index contributed by atoms with van der Waals surface area (Å²) in [6.07, 6.45) is 1.23. The molecule has 0 spiro atoms. The number of carbonyl (C=O) groups excluding carboxylic acids is 1. The SMILES string of the molecule is CCOc1ccccc1C(=O)N1CCC[C@@H]1C(=O)O. The highest BCUT2D eigenvalue weighted by atomic mass is 16.5. The Hall–Kier alpha value is -2.04. The largest absolute Gasteiger partial charge is 0.493 e. The van der Waals surface area contributed by atoms with Crippen molar-refractivity contribution in [1.82, 2.24) is 4.90 Å². The fourth-order valence-corrected chi connectivity index (χ4v) is 2.35. The number of carbonyl (C=O) groups is 2. The number of carboxylic acid groups (broad SMARTS) is 1. The maximum atomic E-state index is 12.4. The van der Waals surface area contributed by atoms with Crippen molar-refractivity contribution in [3.8, 4) is 5.75 Å². The molecule has 0 aromatic heterocycles. The minimum atomic E-state index is -0.945. The van der Waals surface area contributed by atoms with Crippen LogP contribution in [0.4, 0.5) is 0 Å². The summed E-state index contributed by atoms with van der Waals surface area (Å²) in [7, 11) is 0. The molecule has 1 atom stereocenters. The molecule has 1 aliphatic heterocycles. The lowest BCUT2D eigenvalue weighted by atomic mass is 10.1. The van der Waals surface area contributed by atoms with E-state index in [1.807, 2.05) is 6.92 Å². The number of nitrogens with zero attached hydrogens (tertiary/aromatic N) is 1. The standard InChI is InChI=1S/C14H17NO4/c1-2-19-12-8-4-3-6-10(12)13(16)15-9-5-7-11(15)14(17)18/h3-4,6,8,11H,2,5,7,9H2,1H3,(H,17,18)/t11-/m1/s1. The van der Waals surface area contributed by atoms with E-state index in [0.29, 0.717) is 30.9 Å². The number of para-hydroxylation sites is 1. The molecule has 1 fully saturated rings. The molecule has 1 saturated heterocycles. The van der Waals surface area contributed by atoms with E-state index < -0.39 is 12.0 Å². The maximum absolute atomic E-state index is 12.4. The van der Waals surface area contributed by atoms with Gasteiger partial charge in [0, 0.05) is 6.54 Å². The number of aliphatic carboxylic acids is 1. The van der Waals surface area contributed by atoms with E-state index in [9.17, 15) is 9.59 Å². The number of rotatable bonds is 4. The Labute approximate surface area is 111 Å². The number of likely N-dealkylation sites (tertiary alicyclic amines) is 1. The molecule has 0 unspecified atom stereocenters. The van der Waals surface area contributed by atoms with E-state index in [2.05, 4.69) is 0 Å². The average Bonchev–Trinajstić information content (AvgIpc) is 2.88. The van der Waals surface area contributed by atoms with Gasteiger partial charge in [0.15, 0.2) is 0 Å². The Morgan fingerprint density at radius 3 is 2.84 bits per heavy atom. The van der Waals surface area contributed by atoms with Gasteiger partial charge in [-0.15, -0.1) is 0 Å². The van der Waals surface area contributed by atoms with Gasteiger partial charge >= 0.3 is 5.97 Å². The van der Waals surface area contributed by atoms with E-state index in [1.165, 1.54) is 4.90 Å². The van der Waals surface area contributed by atoms with E-state index in [-0.39, 0.29) is 5.91 Å². The Balaban J connectivity index is 2.26. The second-order valence-corrected chi connectivity index (χ2v) is 4.42. The summed E-state index contributed by atoms with van der Waals surface area (Å²) in [6.45, 7) is 2.79. The Bertz CT molecular complexity index is 486. The van der Waals surface area contributed by atoms with Crippen molar-refractivity contribution in [1.29, 1.82) is 0 Å². The molecular formula is C14H17NO4. The number of ether oxygens (including phenoxy) is 1. The molecule has 19 heavy (non-hydrogen) atoms. The third kappa shape index (κ3) is 2.70. The number of hydrogen-bond acceptors (Lipinski definition) is 3. The molecule has 102 valence electrons. The van der Waals surface area contributed by atoms with Crippen molar-refractivity contribution in [2.75, 3.05) is 13.2 Å². The average molecular weight is 263 g/mol. The van der Waals surface area contributed by atoms with Crippen molar-refractivity contribution in [3.63, 3.8) is 0 Å². The van der Waals surface area contributed by atoms with Gasteiger partial charge in [0.2, 0.25) is 0 Å². The van der Waals surface area contributed by atoms with E-state index in [1.54, 1.807) is 24.3 Å². The van der Waals surface area contributed by atoms with E-state index >= 15 is 0 Å². The number of benzene rings is 1. The smallest absolute Gasteiger partial charge is 0.326 e. The van der Waals surface area contributed by atoms with Crippen molar-refractivity contribution >= 4 is 11.9 Å². The Morgan fingerprint density at radius 2 is 2.16 bits per heavy atom. The molecule has 1 amide bonds. The second-order valence-electron chi connectivity index (χ2n) is 4.42. The molecule has 5 nitrogen and oxygen atoms in total. The molecule has 0 bridgehead atoms. The molecule has 5 heteroatoms. The van der Waals surface area contributed by atoms with Crippen LogP contribution in [0.1, 0.15) is 30.1 Å². The van der Waals surface area contributed by atoms with Gasteiger partial charge in [-0.3, -0.25) is 4.79 Å². The monoisotopic (exact) mass is 263 g/mol. The molecule has 0 radical (unpaired) electrons. The Kier molecular flexibility index (Phi) is 4.04. The molecule has 1 aromatic rings. The summed E-state index contributed by atoms with van der Waals surface area (Å²) in [5.74, 6) is -0.709.